The number of carbonyl (C=O) groups is 1. The van der Waals surface area contributed by atoms with E-state index in [1.165, 1.54) is 12.7 Å². The molecule has 164 valence electrons. The summed E-state index contributed by atoms with van der Waals surface area (Å²) in [5.74, 6) is 0.808. The predicted molar refractivity (Wildman–Crippen MR) is 115 cm³/mol. The first kappa shape index (κ1) is 21.3. The van der Waals surface area contributed by atoms with Crippen LogP contribution < -0.4 is 4.90 Å². The third kappa shape index (κ3) is 3.90. The third-order valence-corrected chi connectivity index (χ3v) is 6.13. The van der Waals surface area contributed by atoms with Crippen LogP contribution in [0.2, 0.25) is 0 Å². The van der Waals surface area contributed by atoms with Crippen LogP contribution in [-0.4, -0.2) is 52.1 Å². The Balaban J connectivity index is 1.68. The first-order valence-corrected chi connectivity index (χ1v) is 10.8. The number of piperazine rings is 1. The summed E-state index contributed by atoms with van der Waals surface area (Å²) in [5.41, 5.74) is 3.74. The zero-order chi connectivity index (χ0) is 22.3. The zero-order valence-electron chi connectivity index (χ0n) is 18.8. The van der Waals surface area contributed by atoms with Crippen LogP contribution in [0.1, 0.15) is 73.4 Å². The Morgan fingerprint density at radius 3 is 2.71 bits per heavy atom. The van der Waals surface area contributed by atoms with Crippen LogP contribution in [-0.2, 0) is 17.8 Å². The van der Waals surface area contributed by atoms with E-state index in [2.05, 4.69) is 43.6 Å². The van der Waals surface area contributed by atoms with E-state index in [4.69, 9.17) is 14.1 Å². The number of amides is 1. The van der Waals surface area contributed by atoms with Crippen LogP contribution in [0, 0.1) is 11.3 Å². The second-order valence-corrected chi connectivity index (χ2v) is 9.31. The number of rotatable bonds is 3. The van der Waals surface area contributed by atoms with Gasteiger partial charge < -0.3 is 19.0 Å². The summed E-state index contributed by atoms with van der Waals surface area (Å²) in [7, 11) is 0. The fourth-order valence-electron chi connectivity index (χ4n) is 4.52. The molecule has 0 saturated carbocycles. The van der Waals surface area contributed by atoms with E-state index in [9.17, 15) is 10.1 Å². The van der Waals surface area contributed by atoms with Crippen molar-refractivity contribution in [2.24, 2.45) is 0 Å². The van der Waals surface area contributed by atoms with Gasteiger partial charge in [0.05, 0.1) is 23.5 Å². The van der Waals surface area contributed by atoms with E-state index in [1.807, 2.05) is 6.92 Å². The summed E-state index contributed by atoms with van der Waals surface area (Å²) in [6.07, 6.45) is 3.32. The Labute approximate surface area is 182 Å². The van der Waals surface area contributed by atoms with Crippen LogP contribution in [0.5, 0.6) is 0 Å². The number of hydrogen-bond acceptors (Lipinski definition) is 7. The van der Waals surface area contributed by atoms with Gasteiger partial charge in [-0.05, 0) is 32.3 Å². The average molecular weight is 424 g/mol. The van der Waals surface area contributed by atoms with Gasteiger partial charge in [-0.1, -0.05) is 13.8 Å². The molecule has 4 rings (SSSR count). The summed E-state index contributed by atoms with van der Waals surface area (Å²) >= 11 is 0. The van der Waals surface area contributed by atoms with E-state index in [-0.39, 0.29) is 23.5 Å². The summed E-state index contributed by atoms with van der Waals surface area (Å²) in [6.45, 7) is 12.6. The molecule has 2 aromatic rings. The smallest absolute Gasteiger partial charge is 0.276 e. The molecular weight excluding hydrogens is 394 g/mol. The van der Waals surface area contributed by atoms with Gasteiger partial charge >= 0.3 is 0 Å². The molecule has 0 radical (unpaired) electrons. The minimum absolute atomic E-state index is 0.0513. The van der Waals surface area contributed by atoms with Crippen molar-refractivity contribution < 1.29 is 13.9 Å². The van der Waals surface area contributed by atoms with Crippen LogP contribution >= 0.6 is 0 Å². The predicted octanol–water partition coefficient (Wildman–Crippen LogP) is 3.27. The minimum atomic E-state index is -0.318. The Morgan fingerprint density at radius 2 is 2.10 bits per heavy atom. The van der Waals surface area contributed by atoms with Gasteiger partial charge in [-0.15, -0.1) is 0 Å². The van der Waals surface area contributed by atoms with E-state index < -0.39 is 0 Å². The number of nitrogens with zero attached hydrogens (tertiary/aromatic N) is 5. The molecule has 4 heterocycles. The Hall–Kier alpha value is -2.92. The molecule has 1 atom stereocenters. The number of ether oxygens (including phenoxy) is 1. The standard InChI is InChI=1S/C23H29N5O3/c1-14(2)20-18-11-31-23(4,5)8-16(18)17(9-24)21(26-20)27-6-7-28(15(3)10-27)22(29)19-12-30-13-25-19/h12-15H,6-8,10-11H2,1-5H3/t15-/m1/s1. The van der Waals surface area contributed by atoms with Gasteiger partial charge in [-0.3, -0.25) is 4.79 Å². The van der Waals surface area contributed by atoms with Gasteiger partial charge in [0.1, 0.15) is 18.2 Å². The molecule has 0 bridgehead atoms. The molecule has 2 aliphatic heterocycles. The molecule has 0 spiro atoms. The number of anilines is 1. The Bertz CT molecular complexity index is 1020. The summed E-state index contributed by atoms with van der Waals surface area (Å²) in [6, 6.07) is 2.38. The van der Waals surface area contributed by atoms with Gasteiger partial charge in [-0.2, -0.15) is 5.26 Å². The highest BCUT2D eigenvalue weighted by Crippen LogP contribution is 2.38. The minimum Gasteiger partial charge on any atom is -0.451 e. The van der Waals surface area contributed by atoms with Crippen molar-refractivity contribution >= 4 is 11.7 Å². The van der Waals surface area contributed by atoms with Crippen LogP contribution in [0.15, 0.2) is 17.1 Å². The molecule has 0 unspecified atom stereocenters. The van der Waals surface area contributed by atoms with Crippen molar-refractivity contribution in [1.29, 1.82) is 5.26 Å². The molecule has 2 aromatic heterocycles. The van der Waals surface area contributed by atoms with Crippen LogP contribution in [0.4, 0.5) is 5.82 Å². The largest absolute Gasteiger partial charge is 0.451 e. The fraction of sp³-hybridized carbons (Fsp3) is 0.565. The highest BCUT2D eigenvalue weighted by molar-refractivity contribution is 5.92. The van der Waals surface area contributed by atoms with Gasteiger partial charge in [0.25, 0.3) is 5.91 Å². The summed E-state index contributed by atoms with van der Waals surface area (Å²) < 4.78 is 11.0. The van der Waals surface area contributed by atoms with Crippen molar-refractivity contribution in [2.45, 2.75) is 65.2 Å². The van der Waals surface area contributed by atoms with Crippen molar-refractivity contribution in [3.05, 3.63) is 40.7 Å². The number of nitriles is 1. The molecule has 2 aliphatic rings. The van der Waals surface area contributed by atoms with Crippen molar-refractivity contribution in [3.8, 4) is 6.07 Å². The number of oxazole rings is 1. The molecule has 31 heavy (non-hydrogen) atoms. The van der Waals surface area contributed by atoms with E-state index >= 15 is 0 Å². The molecule has 1 saturated heterocycles. The lowest BCUT2D eigenvalue weighted by Crippen LogP contribution is -2.54. The number of hydrogen-bond donors (Lipinski definition) is 0. The molecule has 0 aliphatic carbocycles. The van der Waals surface area contributed by atoms with Gasteiger partial charge in [0.15, 0.2) is 12.1 Å². The number of fused-ring (bicyclic) bond motifs is 1. The normalized spacial score (nSPS) is 20.5. The van der Waals surface area contributed by atoms with Crippen molar-refractivity contribution in [2.75, 3.05) is 24.5 Å². The monoisotopic (exact) mass is 423 g/mol. The van der Waals surface area contributed by atoms with Crippen molar-refractivity contribution in [3.63, 3.8) is 0 Å². The first-order chi connectivity index (χ1) is 14.7. The topological polar surface area (TPSA) is 95.5 Å². The highest BCUT2D eigenvalue weighted by atomic mass is 16.5. The van der Waals surface area contributed by atoms with Gasteiger partial charge in [0, 0.05) is 37.7 Å². The maximum absolute atomic E-state index is 12.7. The second kappa shape index (κ2) is 7.97. The summed E-state index contributed by atoms with van der Waals surface area (Å²) in [5, 5.41) is 10.1. The van der Waals surface area contributed by atoms with Crippen LogP contribution in [0.3, 0.4) is 0 Å². The Kier molecular flexibility index (Phi) is 5.48. The molecule has 8 heteroatoms. The van der Waals surface area contributed by atoms with Crippen LogP contribution in [0.25, 0.3) is 0 Å². The number of pyridine rings is 1. The molecule has 8 nitrogen and oxygen atoms in total. The van der Waals surface area contributed by atoms with E-state index in [0.717, 1.165) is 22.6 Å². The SMILES string of the molecule is CC(C)c1nc(N2CCN(C(=O)c3cocn3)[C@H](C)C2)c(C#N)c2c1COC(C)(C)C2. The lowest BCUT2D eigenvalue weighted by atomic mass is 9.86. The van der Waals surface area contributed by atoms with Gasteiger partial charge in [0.2, 0.25) is 0 Å². The Morgan fingerprint density at radius 1 is 1.32 bits per heavy atom. The van der Waals surface area contributed by atoms with E-state index in [1.54, 1.807) is 4.90 Å². The maximum Gasteiger partial charge on any atom is 0.276 e. The lowest BCUT2D eigenvalue weighted by molar-refractivity contribution is -0.0408. The van der Waals surface area contributed by atoms with Gasteiger partial charge in [-0.25, -0.2) is 9.97 Å². The average Bonchev–Trinajstić information content (AvgIpc) is 3.26. The number of carbonyl (C=O) groups excluding carboxylic acids is 1. The first-order valence-electron chi connectivity index (χ1n) is 10.8. The van der Waals surface area contributed by atoms with Crippen molar-refractivity contribution in [1.82, 2.24) is 14.9 Å². The molecule has 0 aromatic carbocycles. The summed E-state index contributed by atoms with van der Waals surface area (Å²) in [4.78, 5) is 25.7. The zero-order valence-corrected chi connectivity index (χ0v) is 18.8. The highest BCUT2D eigenvalue weighted by Gasteiger charge is 2.35. The maximum atomic E-state index is 12.7. The molecular formula is C23H29N5O3. The fourth-order valence-corrected chi connectivity index (χ4v) is 4.52. The number of aromatic nitrogens is 2. The second-order valence-electron chi connectivity index (χ2n) is 9.31. The van der Waals surface area contributed by atoms with E-state index in [0.29, 0.717) is 43.9 Å². The quantitative estimate of drug-likeness (QED) is 0.747. The molecule has 1 amide bonds. The molecule has 0 N–H and O–H groups in total. The lowest BCUT2D eigenvalue weighted by Gasteiger charge is -2.41. The third-order valence-electron chi connectivity index (χ3n) is 6.13. The molecule has 1 fully saturated rings.